The van der Waals surface area contributed by atoms with Crippen LogP contribution in [-0.2, 0) is 9.59 Å². The molecule has 1 aliphatic carbocycles. The van der Waals surface area contributed by atoms with Gasteiger partial charge in [-0.2, -0.15) is 0 Å². The second kappa shape index (κ2) is 10.1. The first-order chi connectivity index (χ1) is 13.6. The van der Waals surface area contributed by atoms with E-state index in [4.69, 9.17) is 0 Å². The van der Waals surface area contributed by atoms with Gasteiger partial charge in [0.2, 0.25) is 11.8 Å². The fourth-order valence-corrected chi connectivity index (χ4v) is 3.91. The third kappa shape index (κ3) is 5.97. The summed E-state index contributed by atoms with van der Waals surface area (Å²) in [6, 6.07) is 9.44. The highest BCUT2D eigenvalue weighted by Crippen LogP contribution is 2.19. The lowest BCUT2D eigenvalue weighted by atomic mass is 9.95. The molecule has 7 nitrogen and oxygen atoms in total. The third-order valence-corrected chi connectivity index (χ3v) is 5.57. The van der Waals surface area contributed by atoms with Gasteiger partial charge in [-0.1, -0.05) is 37.5 Å². The summed E-state index contributed by atoms with van der Waals surface area (Å²) >= 11 is 0. The van der Waals surface area contributed by atoms with E-state index in [-0.39, 0.29) is 36.3 Å². The van der Waals surface area contributed by atoms with Crippen LogP contribution in [0.1, 0.15) is 44.9 Å². The SMILES string of the molecule is O=C(CNC(=O)C1CCN(C(=O)Nc2ccccc2)CC1)NC1CCCCC1. The van der Waals surface area contributed by atoms with Crippen molar-refractivity contribution in [3.05, 3.63) is 30.3 Å². The highest BCUT2D eigenvalue weighted by molar-refractivity contribution is 5.90. The number of hydrogen-bond acceptors (Lipinski definition) is 3. The highest BCUT2D eigenvalue weighted by Gasteiger charge is 2.27. The van der Waals surface area contributed by atoms with Crippen molar-refractivity contribution in [1.29, 1.82) is 0 Å². The number of rotatable bonds is 5. The van der Waals surface area contributed by atoms with Crippen LogP contribution in [-0.4, -0.2) is 48.4 Å². The standard InChI is InChI=1S/C21H30N4O3/c26-19(23-17-7-3-1-4-8-17)15-22-20(27)16-11-13-25(14-12-16)21(28)24-18-9-5-2-6-10-18/h2,5-6,9-10,16-17H,1,3-4,7-8,11-15H2,(H,22,27)(H,23,26)(H,24,28). The molecular weight excluding hydrogens is 356 g/mol. The zero-order chi connectivity index (χ0) is 19.8. The minimum Gasteiger partial charge on any atom is -0.352 e. The fourth-order valence-electron chi connectivity index (χ4n) is 3.91. The largest absolute Gasteiger partial charge is 0.352 e. The molecule has 2 fully saturated rings. The smallest absolute Gasteiger partial charge is 0.321 e. The van der Waals surface area contributed by atoms with E-state index >= 15 is 0 Å². The van der Waals surface area contributed by atoms with E-state index in [1.807, 2.05) is 30.3 Å². The first-order valence-electron chi connectivity index (χ1n) is 10.3. The van der Waals surface area contributed by atoms with Crippen LogP contribution in [0.15, 0.2) is 30.3 Å². The quantitative estimate of drug-likeness (QED) is 0.726. The van der Waals surface area contributed by atoms with E-state index in [2.05, 4.69) is 16.0 Å². The summed E-state index contributed by atoms with van der Waals surface area (Å²) in [7, 11) is 0. The molecule has 0 aromatic heterocycles. The van der Waals surface area contributed by atoms with Gasteiger partial charge in [0.15, 0.2) is 0 Å². The maximum atomic E-state index is 12.4. The Labute approximate surface area is 166 Å². The summed E-state index contributed by atoms with van der Waals surface area (Å²) in [5, 5.41) is 8.63. The molecule has 0 atom stereocenters. The Bertz CT molecular complexity index is 665. The molecule has 0 spiro atoms. The summed E-state index contributed by atoms with van der Waals surface area (Å²) in [5.74, 6) is -0.356. The second-order valence-corrected chi connectivity index (χ2v) is 7.68. The summed E-state index contributed by atoms with van der Waals surface area (Å²) in [6.07, 6.45) is 6.84. The van der Waals surface area contributed by atoms with Crippen LogP contribution < -0.4 is 16.0 Å². The topological polar surface area (TPSA) is 90.5 Å². The van der Waals surface area contributed by atoms with Crippen LogP contribution in [0, 0.1) is 5.92 Å². The van der Waals surface area contributed by atoms with E-state index in [1.165, 1.54) is 6.42 Å². The normalized spacial score (nSPS) is 18.4. The van der Waals surface area contributed by atoms with Gasteiger partial charge in [0, 0.05) is 30.7 Å². The van der Waals surface area contributed by atoms with Crippen molar-refractivity contribution >= 4 is 23.5 Å². The summed E-state index contributed by atoms with van der Waals surface area (Å²) < 4.78 is 0. The fraction of sp³-hybridized carbons (Fsp3) is 0.571. The molecule has 2 aliphatic rings. The predicted molar refractivity (Wildman–Crippen MR) is 108 cm³/mol. The Kier molecular flexibility index (Phi) is 7.28. The van der Waals surface area contributed by atoms with Gasteiger partial charge >= 0.3 is 6.03 Å². The highest BCUT2D eigenvalue weighted by atomic mass is 16.2. The Morgan fingerprint density at radius 1 is 0.929 bits per heavy atom. The molecule has 28 heavy (non-hydrogen) atoms. The molecule has 7 heteroatoms. The van der Waals surface area contributed by atoms with Crippen molar-refractivity contribution in [3.63, 3.8) is 0 Å². The van der Waals surface area contributed by atoms with Crippen molar-refractivity contribution in [1.82, 2.24) is 15.5 Å². The second-order valence-electron chi connectivity index (χ2n) is 7.68. The number of anilines is 1. The summed E-state index contributed by atoms with van der Waals surface area (Å²) in [6.45, 7) is 1.10. The van der Waals surface area contributed by atoms with Crippen molar-refractivity contribution in [2.45, 2.75) is 51.0 Å². The first kappa shape index (κ1) is 20.2. The number of urea groups is 1. The molecule has 0 radical (unpaired) electrons. The maximum Gasteiger partial charge on any atom is 0.321 e. The van der Waals surface area contributed by atoms with E-state index < -0.39 is 0 Å². The third-order valence-electron chi connectivity index (χ3n) is 5.57. The first-order valence-corrected chi connectivity index (χ1v) is 10.3. The van der Waals surface area contributed by atoms with Crippen LogP contribution in [0.3, 0.4) is 0 Å². The van der Waals surface area contributed by atoms with Crippen molar-refractivity contribution in [2.75, 3.05) is 25.0 Å². The number of carbonyl (C=O) groups excluding carboxylic acids is 3. The average Bonchev–Trinajstić information content (AvgIpc) is 2.73. The maximum absolute atomic E-state index is 12.4. The Hall–Kier alpha value is -2.57. The minimum absolute atomic E-state index is 0.0318. The molecular formula is C21H30N4O3. The Balaban J connectivity index is 1.35. The van der Waals surface area contributed by atoms with Crippen molar-refractivity contribution in [3.8, 4) is 0 Å². The zero-order valence-electron chi connectivity index (χ0n) is 16.3. The van der Waals surface area contributed by atoms with Crippen LogP contribution in [0.5, 0.6) is 0 Å². The summed E-state index contributed by atoms with van der Waals surface area (Å²) in [4.78, 5) is 38.4. The van der Waals surface area contributed by atoms with E-state index in [1.54, 1.807) is 4.90 Å². The summed E-state index contributed by atoms with van der Waals surface area (Å²) in [5.41, 5.74) is 0.761. The predicted octanol–water partition coefficient (Wildman–Crippen LogP) is 2.50. The molecule has 1 heterocycles. The number of carbonyl (C=O) groups is 3. The average molecular weight is 386 g/mol. The number of amides is 4. The molecule has 1 aromatic carbocycles. The number of hydrogen-bond donors (Lipinski definition) is 3. The van der Waals surface area contributed by atoms with Crippen LogP contribution in [0.4, 0.5) is 10.5 Å². The van der Waals surface area contributed by atoms with Crippen LogP contribution in [0.25, 0.3) is 0 Å². The molecule has 4 amide bonds. The lowest BCUT2D eigenvalue weighted by Crippen LogP contribution is -2.47. The van der Waals surface area contributed by atoms with Gasteiger partial charge in [-0.15, -0.1) is 0 Å². The molecule has 3 N–H and O–H groups in total. The number of piperidine rings is 1. The molecule has 3 rings (SSSR count). The molecule has 1 saturated carbocycles. The van der Waals surface area contributed by atoms with Crippen molar-refractivity contribution in [2.24, 2.45) is 5.92 Å². The molecule has 152 valence electrons. The lowest BCUT2D eigenvalue weighted by Gasteiger charge is -2.31. The van der Waals surface area contributed by atoms with Gasteiger partial charge in [-0.3, -0.25) is 9.59 Å². The lowest BCUT2D eigenvalue weighted by molar-refractivity contribution is -0.129. The van der Waals surface area contributed by atoms with Gasteiger partial charge in [-0.25, -0.2) is 4.79 Å². The Morgan fingerprint density at radius 3 is 2.29 bits per heavy atom. The van der Waals surface area contributed by atoms with Gasteiger partial charge in [-0.05, 0) is 37.8 Å². The molecule has 0 bridgehead atoms. The van der Waals surface area contributed by atoms with Gasteiger partial charge in [0.25, 0.3) is 0 Å². The van der Waals surface area contributed by atoms with E-state index in [9.17, 15) is 14.4 Å². The zero-order valence-corrected chi connectivity index (χ0v) is 16.3. The number of benzene rings is 1. The Morgan fingerprint density at radius 2 is 1.61 bits per heavy atom. The van der Waals surface area contributed by atoms with Gasteiger partial charge in [0.1, 0.15) is 0 Å². The number of likely N-dealkylation sites (tertiary alicyclic amines) is 1. The number of nitrogens with zero attached hydrogens (tertiary/aromatic N) is 1. The number of para-hydroxylation sites is 1. The van der Waals surface area contributed by atoms with E-state index in [0.717, 1.165) is 31.4 Å². The monoisotopic (exact) mass is 386 g/mol. The molecule has 0 unspecified atom stereocenters. The number of nitrogens with one attached hydrogen (secondary N) is 3. The molecule has 1 aromatic rings. The van der Waals surface area contributed by atoms with Crippen molar-refractivity contribution < 1.29 is 14.4 Å². The molecule has 1 saturated heterocycles. The van der Waals surface area contributed by atoms with Crippen LogP contribution >= 0.6 is 0 Å². The van der Waals surface area contributed by atoms with Gasteiger partial charge in [0.05, 0.1) is 6.54 Å². The van der Waals surface area contributed by atoms with Crippen LogP contribution in [0.2, 0.25) is 0 Å². The minimum atomic E-state index is -0.150. The van der Waals surface area contributed by atoms with E-state index in [0.29, 0.717) is 25.9 Å². The van der Waals surface area contributed by atoms with Gasteiger partial charge < -0.3 is 20.9 Å². The molecule has 1 aliphatic heterocycles.